The van der Waals surface area contributed by atoms with Gasteiger partial charge >= 0.3 is 0 Å². The summed E-state index contributed by atoms with van der Waals surface area (Å²) < 4.78 is 0. The minimum absolute atomic E-state index is 0.0272. The molecule has 1 aliphatic rings. The molecule has 0 aromatic carbocycles. The number of nitrogens with zero attached hydrogens (tertiary/aromatic N) is 4. The van der Waals surface area contributed by atoms with Crippen LogP contribution in [0.2, 0.25) is 0 Å². The summed E-state index contributed by atoms with van der Waals surface area (Å²) in [7, 11) is 0. The van der Waals surface area contributed by atoms with Gasteiger partial charge in [0.1, 0.15) is 30.3 Å². The first kappa shape index (κ1) is 14.3. The molecule has 0 fully saturated rings. The van der Waals surface area contributed by atoms with Crippen molar-refractivity contribution in [1.82, 2.24) is 5.32 Å². The first-order chi connectivity index (χ1) is 8.99. The number of hydrogen-bond donors (Lipinski definition) is 1. The molecule has 1 N–H and O–H groups in total. The molecule has 5 nitrogen and oxygen atoms in total. The van der Waals surface area contributed by atoms with Gasteiger partial charge in [-0.15, -0.1) is 0 Å². The van der Waals surface area contributed by atoms with Crippen molar-refractivity contribution in [1.29, 1.82) is 21.0 Å². The molecule has 0 aliphatic heterocycles. The second kappa shape index (κ2) is 5.72. The molecule has 0 heterocycles. The monoisotopic (exact) mass is 251 g/mol. The van der Waals surface area contributed by atoms with Crippen molar-refractivity contribution in [3.8, 4) is 24.3 Å². The van der Waals surface area contributed by atoms with Crippen LogP contribution in [0.15, 0.2) is 22.4 Å². The van der Waals surface area contributed by atoms with Crippen LogP contribution >= 0.6 is 0 Å². The van der Waals surface area contributed by atoms with Crippen LogP contribution in [0.3, 0.4) is 0 Å². The van der Waals surface area contributed by atoms with Gasteiger partial charge in [-0.2, -0.15) is 21.0 Å². The van der Waals surface area contributed by atoms with Gasteiger partial charge in [0.15, 0.2) is 0 Å². The summed E-state index contributed by atoms with van der Waals surface area (Å²) in [6, 6.07) is 7.69. The van der Waals surface area contributed by atoms with E-state index in [1.807, 2.05) is 38.1 Å². The SMILES string of the molecule is CC1(C)CC(NCC#N)=C(C#N)C(=C(C#N)C#N)C1. The largest absolute Gasteiger partial charge is 0.375 e. The predicted molar refractivity (Wildman–Crippen MR) is 67.5 cm³/mol. The van der Waals surface area contributed by atoms with Crippen LogP contribution in [0.1, 0.15) is 26.7 Å². The van der Waals surface area contributed by atoms with E-state index in [-0.39, 0.29) is 17.5 Å². The molecule has 0 unspecified atom stereocenters. The first-order valence-corrected chi connectivity index (χ1v) is 5.77. The third kappa shape index (κ3) is 3.12. The molecular weight excluding hydrogens is 238 g/mol. The number of rotatable bonds is 2. The maximum absolute atomic E-state index is 9.26. The maximum atomic E-state index is 9.26. The second-order valence-corrected chi connectivity index (χ2v) is 5.07. The Morgan fingerprint density at radius 2 is 1.79 bits per heavy atom. The van der Waals surface area contributed by atoms with Crippen LogP contribution in [-0.4, -0.2) is 6.54 Å². The molecule has 1 aliphatic carbocycles. The number of nitriles is 4. The topological polar surface area (TPSA) is 107 Å². The second-order valence-electron chi connectivity index (χ2n) is 5.07. The minimum Gasteiger partial charge on any atom is -0.375 e. The van der Waals surface area contributed by atoms with E-state index in [1.165, 1.54) is 0 Å². The summed E-state index contributed by atoms with van der Waals surface area (Å²) in [4.78, 5) is 0. The molecule has 0 spiro atoms. The van der Waals surface area contributed by atoms with E-state index in [0.717, 1.165) is 0 Å². The Bertz CT molecular complexity index is 592. The van der Waals surface area contributed by atoms with Crippen LogP contribution in [0.5, 0.6) is 0 Å². The maximum Gasteiger partial charge on any atom is 0.134 e. The molecule has 1 rings (SSSR count). The van der Waals surface area contributed by atoms with Crippen molar-refractivity contribution >= 4 is 0 Å². The van der Waals surface area contributed by atoms with E-state index in [4.69, 9.17) is 15.8 Å². The number of nitrogens with one attached hydrogen (secondary N) is 1. The van der Waals surface area contributed by atoms with Crippen LogP contribution in [0, 0.1) is 50.7 Å². The van der Waals surface area contributed by atoms with Crippen molar-refractivity contribution in [2.75, 3.05) is 6.54 Å². The van der Waals surface area contributed by atoms with Crippen molar-refractivity contribution in [3.05, 3.63) is 22.4 Å². The first-order valence-electron chi connectivity index (χ1n) is 5.77. The van der Waals surface area contributed by atoms with Gasteiger partial charge in [-0.3, -0.25) is 0 Å². The molecule has 0 saturated heterocycles. The van der Waals surface area contributed by atoms with Gasteiger partial charge in [0.2, 0.25) is 0 Å². The van der Waals surface area contributed by atoms with Crippen LogP contribution in [-0.2, 0) is 0 Å². The standard InChI is InChI=1S/C14H13N5/c1-14(2)5-11(10(7-16)8-17)12(9-18)13(6-14)19-4-3-15/h19H,4-6H2,1-2H3. The summed E-state index contributed by atoms with van der Waals surface area (Å²) in [5.41, 5.74) is 1.25. The predicted octanol–water partition coefficient (Wildman–Crippen LogP) is 2.04. The highest BCUT2D eigenvalue weighted by Crippen LogP contribution is 2.41. The van der Waals surface area contributed by atoms with Crippen molar-refractivity contribution < 1.29 is 0 Å². The highest BCUT2D eigenvalue weighted by molar-refractivity contribution is 5.57. The fraction of sp³-hybridized carbons (Fsp3) is 0.429. The Kier molecular flexibility index (Phi) is 4.31. The summed E-state index contributed by atoms with van der Waals surface area (Å²) in [5.74, 6) is 0. The molecule has 0 amide bonds. The van der Waals surface area contributed by atoms with E-state index in [1.54, 1.807) is 0 Å². The van der Waals surface area contributed by atoms with Gasteiger partial charge in [0, 0.05) is 11.3 Å². The molecule has 0 atom stereocenters. The third-order valence-electron chi connectivity index (χ3n) is 2.93. The Labute approximate surface area is 112 Å². The third-order valence-corrected chi connectivity index (χ3v) is 2.93. The molecule has 0 bridgehead atoms. The molecule has 19 heavy (non-hydrogen) atoms. The molecule has 94 valence electrons. The quantitative estimate of drug-likeness (QED) is 0.596. The van der Waals surface area contributed by atoms with E-state index in [0.29, 0.717) is 29.7 Å². The van der Waals surface area contributed by atoms with E-state index in [9.17, 15) is 5.26 Å². The summed E-state index contributed by atoms with van der Waals surface area (Å²) in [6.45, 7) is 4.10. The normalized spacial score (nSPS) is 16.6. The minimum atomic E-state index is -0.160. The lowest BCUT2D eigenvalue weighted by Crippen LogP contribution is -2.28. The number of allylic oxidation sites excluding steroid dienone is 4. The van der Waals surface area contributed by atoms with Gasteiger partial charge in [-0.05, 0) is 18.3 Å². The Morgan fingerprint density at radius 3 is 2.26 bits per heavy atom. The summed E-state index contributed by atoms with van der Waals surface area (Å²) in [5, 5.41) is 38.8. The van der Waals surface area contributed by atoms with Gasteiger partial charge in [0.05, 0.1) is 11.6 Å². The Balaban J connectivity index is 3.44. The zero-order chi connectivity index (χ0) is 14.5. The number of hydrogen-bond acceptors (Lipinski definition) is 5. The van der Waals surface area contributed by atoms with E-state index in [2.05, 4.69) is 5.32 Å². The van der Waals surface area contributed by atoms with Crippen LogP contribution in [0.25, 0.3) is 0 Å². The van der Waals surface area contributed by atoms with Gasteiger partial charge in [-0.1, -0.05) is 13.8 Å². The molecule has 0 aromatic heterocycles. The van der Waals surface area contributed by atoms with Gasteiger partial charge < -0.3 is 5.32 Å². The highest BCUT2D eigenvalue weighted by atomic mass is 14.9. The fourth-order valence-corrected chi connectivity index (χ4v) is 2.18. The van der Waals surface area contributed by atoms with Crippen LogP contribution in [0.4, 0.5) is 0 Å². The lowest BCUT2D eigenvalue weighted by Gasteiger charge is -2.33. The van der Waals surface area contributed by atoms with Gasteiger partial charge in [-0.25, -0.2) is 0 Å². The Morgan fingerprint density at radius 1 is 1.16 bits per heavy atom. The molecule has 5 heteroatoms. The van der Waals surface area contributed by atoms with Crippen molar-refractivity contribution in [3.63, 3.8) is 0 Å². The van der Waals surface area contributed by atoms with Crippen molar-refractivity contribution in [2.45, 2.75) is 26.7 Å². The van der Waals surface area contributed by atoms with Gasteiger partial charge in [0.25, 0.3) is 0 Å². The zero-order valence-electron chi connectivity index (χ0n) is 10.9. The fourth-order valence-electron chi connectivity index (χ4n) is 2.18. The lowest BCUT2D eigenvalue weighted by atomic mass is 9.73. The average Bonchev–Trinajstić information content (AvgIpc) is 2.36. The van der Waals surface area contributed by atoms with Crippen molar-refractivity contribution in [2.24, 2.45) is 5.41 Å². The van der Waals surface area contributed by atoms with E-state index >= 15 is 0 Å². The summed E-state index contributed by atoms with van der Waals surface area (Å²) in [6.07, 6.45) is 1.12. The molecule has 0 saturated carbocycles. The molecular formula is C14H13N5. The average molecular weight is 251 g/mol. The smallest absolute Gasteiger partial charge is 0.134 e. The Hall–Kier alpha value is -2.76. The lowest BCUT2D eigenvalue weighted by molar-refractivity contribution is 0.340. The van der Waals surface area contributed by atoms with Crippen LogP contribution < -0.4 is 5.32 Å². The molecule has 0 radical (unpaired) electrons. The highest BCUT2D eigenvalue weighted by Gasteiger charge is 2.32. The molecule has 0 aromatic rings. The summed E-state index contributed by atoms with van der Waals surface area (Å²) >= 11 is 0. The van der Waals surface area contributed by atoms with E-state index < -0.39 is 0 Å². The zero-order valence-corrected chi connectivity index (χ0v) is 10.9.